The van der Waals surface area contributed by atoms with Gasteiger partial charge in [-0.2, -0.15) is 0 Å². The molecule has 0 radical (unpaired) electrons. The normalized spacial score (nSPS) is 10.4. The molecule has 0 aliphatic carbocycles. The molecule has 4 aromatic rings. The SMILES string of the molecule is COc1ccc(NC(=O)c2ccc(Nc3ccnc(-c4ccc(F)cc4)n3)cc2)c(OC)c1. The van der Waals surface area contributed by atoms with E-state index in [-0.39, 0.29) is 11.7 Å². The number of hydrogen-bond donors (Lipinski definition) is 2. The second-order valence-corrected chi connectivity index (χ2v) is 7.00. The third kappa shape index (κ3) is 5.24. The number of hydrogen-bond acceptors (Lipinski definition) is 6. The molecule has 0 aliphatic rings. The summed E-state index contributed by atoms with van der Waals surface area (Å²) < 4.78 is 23.7. The van der Waals surface area contributed by atoms with Crippen LogP contribution in [0.25, 0.3) is 11.4 Å². The number of carbonyl (C=O) groups excluding carboxylic acids is 1. The van der Waals surface area contributed by atoms with Crippen LogP contribution < -0.4 is 20.1 Å². The fourth-order valence-electron chi connectivity index (χ4n) is 3.12. The monoisotopic (exact) mass is 444 g/mol. The number of nitrogens with zero attached hydrogens (tertiary/aromatic N) is 2. The highest BCUT2D eigenvalue weighted by atomic mass is 19.1. The molecule has 8 heteroatoms. The van der Waals surface area contributed by atoms with Crippen LogP contribution in [0.4, 0.5) is 21.6 Å². The zero-order valence-electron chi connectivity index (χ0n) is 18.0. The van der Waals surface area contributed by atoms with Crippen LogP contribution in [0.5, 0.6) is 11.5 Å². The number of benzene rings is 3. The maximum atomic E-state index is 13.2. The zero-order chi connectivity index (χ0) is 23.2. The lowest BCUT2D eigenvalue weighted by Gasteiger charge is -2.12. The Morgan fingerprint density at radius 3 is 2.36 bits per heavy atom. The van der Waals surface area contributed by atoms with Gasteiger partial charge in [-0.25, -0.2) is 14.4 Å². The Hall–Kier alpha value is -4.46. The average Bonchev–Trinajstić information content (AvgIpc) is 2.85. The summed E-state index contributed by atoms with van der Waals surface area (Å²) in [4.78, 5) is 21.4. The maximum absolute atomic E-state index is 13.2. The summed E-state index contributed by atoms with van der Waals surface area (Å²) in [5.41, 5.74) is 2.48. The number of amides is 1. The number of rotatable bonds is 7. The van der Waals surface area contributed by atoms with Gasteiger partial charge in [0.05, 0.1) is 19.9 Å². The fourth-order valence-corrected chi connectivity index (χ4v) is 3.12. The second-order valence-electron chi connectivity index (χ2n) is 7.00. The van der Waals surface area contributed by atoms with Crippen molar-refractivity contribution in [2.45, 2.75) is 0 Å². The van der Waals surface area contributed by atoms with Gasteiger partial charge in [-0.15, -0.1) is 0 Å². The molecule has 2 N–H and O–H groups in total. The summed E-state index contributed by atoms with van der Waals surface area (Å²) in [5, 5.41) is 6.02. The van der Waals surface area contributed by atoms with E-state index in [2.05, 4.69) is 20.6 Å². The maximum Gasteiger partial charge on any atom is 0.255 e. The summed E-state index contributed by atoms with van der Waals surface area (Å²) in [5.74, 6) is 1.59. The predicted octanol–water partition coefficient (Wildman–Crippen LogP) is 5.30. The van der Waals surface area contributed by atoms with Gasteiger partial charge in [-0.1, -0.05) is 0 Å². The van der Waals surface area contributed by atoms with Crippen LogP contribution in [0.2, 0.25) is 0 Å². The molecule has 3 aromatic carbocycles. The topological polar surface area (TPSA) is 85.4 Å². The van der Waals surface area contributed by atoms with Crippen molar-refractivity contribution in [2.75, 3.05) is 24.9 Å². The summed E-state index contributed by atoms with van der Waals surface area (Å²) in [6, 6.07) is 19.8. The summed E-state index contributed by atoms with van der Waals surface area (Å²) >= 11 is 0. The highest BCUT2D eigenvalue weighted by molar-refractivity contribution is 6.05. The lowest BCUT2D eigenvalue weighted by atomic mass is 10.2. The molecule has 1 aromatic heterocycles. The number of halogens is 1. The first-order valence-electron chi connectivity index (χ1n) is 10.0. The minimum Gasteiger partial charge on any atom is -0.497 e. The van der Waals surface area contributed by atoms with Gasteiger partial charge in [-0.3, -0.25) is 4.79 Å². The first kappa shape index (κ1) is 21.8. The van der Waals surface area contributed by atoms with E-state index in [1.807, 2.05) is 0 Å². The highest BCUT2D eigenvalue weighted by Crippen LogP contribution is 2.29. The van der Waals surface area contributed by atoms with Crippen LogP contribution in [0.1, 0.15) is 10.4 Å². The number of methoxy groups -OCH3 is 2. The minimum absolute atomic E-state index is 0.273. The molecule has 33 heavy (non-hydrogen) atoms. The number of ether oxygens (including phenoxy) is 2. The van der Waals surface area contributed by atoms with Crippen LogP contribution in [0, 0.1) is 5.82 Å². The van der Waals surface area contributed by atoms with Crippen molar-refractivity contribution < 1.29 is 18.7 Å². The summed E-state index contributed by atoms with van der Waals surface area (Å²) in [7, 11) is 3.09. The predicted molar refractivity (Wildman–Crippen MR) is 125 cm³/mol. The lowest BCUT2D eigenvalue weighted by molar-refractivity contribution is 0.102. The molecule has 0 bridgehead atoms. The molecule has 4 rings (SSSR count). The number of aromatic nitrogens is 2. The van der Waals surface area contributed by atoms with E-state index in [1.54, 1.807) is 74.0 Å². The zero-order valence-corrected chi connectivity index (χ0v) is 18.0. The molecule has 166 valence electrons. The van der Waals surface area contributed by atoms with Crippen LogP contribution in [-0.2, 0) is 0 Å². The van der Waals surface area contributed by atoms with Gasteiger partial charge in [-0.05, 0) is 66.7 Å². The third-order valence-electron chi connectivity index (χ3n) is 4.83. The van der Waals surface area contributed by atoms with Crippen molar-refractivity contribution in [3.05, 3.63) is 90.4 Å². The van der Waals surface area contributed by atoms with Crippen molar-refractivity contribution in [2.24, 2.45) is 0 Å². The molecular formula is C25H21FN4O3. The van der Waals surface area contributed by atoms with Crippen LogP contribution in [0.15, 0.2) is 79.0 Å². The van der Waals surface area contributed by atoms with Crippen molar-refractivity contribution in [3.8, 4) is 22.9 Å². The van der Waals surface area contributed by atoms with E-state index in [0.717, 1.165) is 5.69 Å². The van der Waals surface area contributed by atoms with E-state index in [9.17, 15) is 9.18 Å². The quantitative estimate of drug-likeness (QED) is 0.403. The molecule has 0 spiro atoms. The standard InChI is InChI=1S/C25H21FN4O3/c1-32-20-11-12-21(22(15-20)33-2)29-25(31)17-5-9-19(10-6-17)28-23-13-14-27-24(30-23)16-3-7-18(26)8-4-16/h3-15H,1-2H3,(H,29,31)(H,27,28,30). The van der Waals surface area contributed by atoms with Gasteiger partial charge in [0.2, 0.25) is 0 Å². The first-order valence-corrected chi connectivity index (χ1v) is 10.0. The van der Waals surface area contributed by atoms with Gasteiger partial charge >= 0.3 is 0 Å². The fraction of sp³-hybridized carbons (Fsp3) is 0.0800. The van der Waals surface area contributed by atoms with E-state index in [1.165, 1.54) is 19.2 Å². The largest absolute Gasteiger partial charge is 0.497 e. The Kier molecular flexibility index (Phi) is 6.45. The third-order valence-corrected chi connectivity index (χ3v) is 4.83. The molecule has 1 heterocycles. The molecule has 0 aliphatic heterocycles. The Bertz CT molecular complexity index is 1260. The molecule has 1 amide bonds. The van der Waals surface area contributed by atoms with E-state index >= 15 is 0 Å². The van der Waals surface area contributed by atoms with E-state index in [0.29, 0.717) is 40.0 Å². The van der Waals surface area contributed by atoms with E-state index < -0.39 is 0 Å². The molecule has 7 nitrogen and oxygen atoms in total. The minimum atomic E-state index is -0.317. The van der Waals surface area contributed by atoms with Gasteiger partial charge in [0, 0.05) is 29.1 Å². The van der Waals surface area contributed by atoms with Crippen molar-refractivity contribution in [1.82, 2.24) is 9.97 Å². The Morgan fingerprint density at radius 2 is 1.67 bits per heavy atom. The summed E-state index contributed by atoms with van der Waals surface area (Å²) in [6.45, 7) is 0. The molecular weight excluding hydrogens is 423 g/mol. The van der Waals surface area contributed by atoms with Gasteiger partial charge in [0.1, 0.15) is 23.1 Å². The number of carbonyl (C=O) groups is 1. The highest BCUT2D eigenvalue weighted by Gasteiger charge is 2.11. The van der Waals surface area contributed by atoms with Crippen LogP contribution in [0.3, 0.4) is 0 Å². The number of anilines is 3. The number of nitrogens with one attached hydrogen (secondary N) is 2. The first-order chi connectivity index (χ1) is 16.1. The Morgan fingerprint density at radius 1 is 0.909 bits per heavy atom. The van der Waals surface area contributed by atoms with Gasteiger partial charge < -0.3 is 20.1 Å². The van der Waals surface area contributed by atoms with Gasteiger partial charge in [0.15, 0.2) is 5.82 Å². The van der Waals surface area contributed by atoms with Crippen molar-refractivity contribution in [1.29, 1.82) is 0 Å². The molecule has 0 fully saturated rings. The summed E-state index contributed by atoms with van der Waals surface area (Å²) in [6.07, 6.45) is 1.62. The second kappa shape index (κ2) is 9.78. The molecule has 0 unspecified atom stereocenters. The van der Waals surface area contributed by atoms with Gasteiger partial charge in [0.25, 0.3) is 5.91 Å². The van der Waals surface area contributed by atoms with Crippen LogP contribution >= 0.6 is 0 Å². The molecule has 0 saturated heterocycles. The Balaban J connectivity index is 1.45. The van der Waals surface area contributed by atoms with Crippen molar-refractivity contribution >= 4 is 23.1 Å². The lowest BCUT2D eigenvalue weighted by Crippen LogP contribution is -2.12. The smallest absolute Gasteiger partial charge is 0.255 e. The van der Waals surface area contributed by atoms with Crippen molar-refractivity contribution in [3.63, 3.8) is 0 Å². The van der Waals surface area contributed by atoms with Crippen LogP contribution in [-0.4, -0.2) is 30.1 Å². The average molecular weight is 444 g/mol. The molecule has 0 atom stereocenters. The molecule has 0 saturated carbocycles. The van der Waals surface area contributed by atoms with E-state index in [4.69, 9.17) is 9.47 Å². The Labute approximate surface area is 190 Å².